The summed E-state index contributed by atoms with van der Waals surface area (Å²) in [6, 6.07) is 17.9. The number of fused-ring (bicyclic) bond motifs is 1. The third-order valence-electron chi connectivity index (χ3n) is 5.18. The Hall–Kier alpha value is -3.07. The summed E-state index contributed by atoms with van der Waals surface area (Å²) in [5, 5.41) is 17.5. The van der Waals surface area contributed by atoms with E-state index >= 15 is 0 Å². The lowest BCUT2D eigenvalue weighted by atomic mass is 10.1. The first-order valence-corrected chi connectivity index (χ1v) is 12.1. The summed E-state index contributed by atoms with van der Waals surface area (Å²) in [4.78, 5) is 25.1. The minimum atomic E-state index is -0.418. The van der Waals surface area contributed by atoms with Crippen molar-refractivity contribution in [1.82, 2.24) is 20.1 Å². The lowest BCUT2D eigenvalue weighted by molar-refractivity contribution is -0.113. The number of anilines is 1. The van der Waals surface area contributed by atoms with Gasteiger partial charge in [-0.15, -0.1) is 10.2 Å². The molecule has 34 heavy (non-hydrogen) atoms. The molecule has 0 saturated carbocycles. The smallest absolute Gasteiger partial charge is 0.251 e. The van der Waals surface area contributed by atoms with Gasteiger partial charge in [-0.3, -0.25) is 9.59 Å². The summed E-state index contributed by atoms with van der Waals surface area (Å²) >= 11 is 13.2. The normalized spacial score (nSPS) is 11.9. The topological polar surface area (TPSA) is 88.9 Å². The number of hydrogen-bond donors (Lipinski definition) is 2. The summed E-state index contributed by atoms with van der Waals surface area (Å²) < 4.78 is 1.76. The molecule has 0 saturated heterocycles. The molecule has 0 fully saturated rings. The number of halogens is 2. The van der Waals surface area contributed by atoms with Crippen molar-refractivity contribution in [3.05, 3.63) is 82.1 Å². The molecule has 174 valence electrons. The van der Waals surface area contributed by atoms with Crippen LogP contribution >= 0.6 is 35.0 Å². The van der Waals surface area contributed by atoms with Crippen molar-refractivity contribution in [3.63, 3.8) is 0 Å². The molecule has 0 radical (unpaired) electrons. The number of carbonyl (C=O) groups is 2. The SMILES string of the molecule is C[C@H](NC(=O)c1ccc(Cl)c(Cl)c1)c1nnc(SCC(=O)Nc2cccc3ccccc23)n1C. The van der Waals surface area contributed by atoms with E-state index in [1.54, 1.807) is 30.7 Å². The molecule has 10 heteroatoms. The zero-order valence-corrected chi connectivity index (χ0v) is 20.7. The molecule has 0 spiro atoms. The number of nitrogens with one attached hydrogen (secondary N) is 2. The number of hydrogen-bond acceptors (Lipinski definition) is 5. The van der Waals surface area contributed by atoms with Crippen LogP contribution in [0.25, 0.3) is 10.8 Å². The number of nitrogens with zero attached hydrogens (tertiary/aromatic N) is 3. The molecule has 4 rings (SSSR count). The third-order valence-corrected chi connectivity index (χ3v) is 6.94. The van der Waals surface area contributed by atoms with E-state index in [4.69, 9.17) is 23.2 Å². The van der Waals surface area contributed by atoms with Crippen LogP contribution in [0.5, 0.6) is 0 Å². The van der Waals surface area contributed by atoms with Crippen molar-refractivity contribution in [1.29, 1.82) is 0 Å². The van der Waals surface area contributed by atoms with Crippen LogP contribution in [0.4, 0.5) is 5.69 Å². The van der Waals surface area contributed by atoms with E-state index in [9.17, 15) is 9.59 Å². The number of rotatable bonds is 7. The van der Waals surface area contributed by atoms with Crippen molar-refractivity contribution in [2.75, 3.05) is 11.1 Å². The summed E-state index contributed by atoms with van der Waals surface area (Å²) in [6.07, 6.45) is 0. The molecular formula is C24H21Cl2N5O2S. The van der Waals surface area contributed by atoms with Gasteiger partial charge >= 0.3 is 0 Å². The zero-order chi connectivity index (χ0) is 24.2. The van der Waals surface area contributed by atoms with Gasteiger partial charge in [0.05, 0.1) is 21.8 Å². The minimum absolute atomic E-state index is 0.146. The highest BCUT2D eigenvalue weighted by Gasteiger charge is 2.19. The summed E-state index contributed by atoms with van der Waals surface area (Å²) in [5.74, 6) is 0.272. The molecule has 1 heterocycles. The molecule has 7 nitrogen and oxygen atoms in total. The second kappa shape index (κ2) is 10.5. The molecular weight excluding hydrogens is 493 g/mol. The maximum absolute atomic E-state index is 12.6. The fourth-order valence-corrected chi connectivity index (χ4v) is 4.48. The van der Waals surface area contributed by atoms with Gasteiger partial charge in [0, 0.05) is 23.7 Å². The van der Waals surface area contributed by atoms with Crippen molar-refractivity contribution in [2.45, 2.75) is 18.1 Å². The Morgan fingerprint density at radius 3 is 2.59 bits per heavy atom. The molecule has 1 atom stereocenters. The fraction of sp³-hybridized carbons (Fsp3) is 0.167. The van der Waals surface area contributed by atoms with Gasteiger partial charge in [0.2, 0.25) is 5.91 Å². The first-order chi connectivity index (χ1) is 16.3. The van der Waals surface area contributed by atoms with Crippen molar-refractivity contribution in [2.24, 2.45) is 7.05 Å². The Morgan fingerprint density at radius 1 is 1.03 bits per heavy atom. The second-order valence-electron chi connectivity index (χ2n) is 7.59. The van der Waals surface area contributed by atoms with Crippen LogP contribution in [-0.4, -0.2) is 32.3 Å². The molecule has 3 aromatic carbocycles. The Bertz CT molecular complexity index is 1370. The lowest BCUT2D eigenvalue weighted by Gasteiger charge is -2.14. The molecule has 0 aliphatic heterocycles. The molecule has 2 amide bonds. The van der Waals surface area contributed by atoms with Crippen LogP contribution in [0, 0.1) is 0 Å². The molecule has 0 aliphatic carbocycles. The molecule has 1 aromatic heterocycles. The van der Waals surface area contributed by atoms with Gasteiger partial charge in [0.25, 0.3) is 5.91 Å². The van der Waals surface area contributed by atoms with Gasteiger partial charge in [-0.1, -0.05) is 71.4 Å². The molecule has 0 aliphatic rings. The predicted octanol–water partition coefficient (Wildman–Crippen LogP) is 5.50. The maximum atomic E-state index is 12.6. The average Bonchev–Trinajstić information content (AvgIpc) is 3.20. The second-order valence-corrected chi connectivity index (χ2v) is 9.34. The van der Waals surface area contributed by atoms with E-state index < -0.39 is 6.04 Å². The Labute approximate surface area is 210 Å². The first kappa shape index (κ1) is 24.1. The van der Waals surface area contributed by atoms with Crippen molar-refractivity contribution >= 4 is 63.2 Å². The maximum Gasteiger partial charge on any atom is 0.251 e. The van der Waals surface area contributed by atoms with Crippen LogP contribution in [0.15, 0.2) is 65.8 Å². The van der Waals surface area contributed by atoms with Crippen molar-refractivity contribution in [3.8, 4) is 0 Å². The average molecular weight is 514 g/mol. The standard InChI is InChI=1S/C24H21Cl2N5O2S/c1-14(27-23(33)16-10-11-18(25)19(26)12-16)22-29-30-24(31(22)2)34-13-21(32)28-20-9-5-7-15-6-3-4-8-17(15)20/h3-12,14H,13H2,1-2H3,(H,27,33)(H,28,32)/t14-/m0/s1. The largest absolute Gasteiger partial charge is 0.342 e. The predicted molar refractivity (Wildman–Crippen MR) is 137 cm³/mol. The number of carbonyl (C=O) groups excluding carboxylic acids is 2. The third kappa shape index (κ3) is 5.35. The molecule has 2 N–H and O–H groups in total. The van der Waals surface area contributed by atoms with Gasteiger partial charge in [-0.2, -0.15) is 0 Å². The summed E-state index contributed by atoms with van der Waals surface area (Å²) in [6.45, 7) is 1.81. The fourth-order valence-electron chi connectivity index (χ4n) is 3.46. The van der Waals surface area contributed by atoms with Gasteiger partial charge in [-0.05, 0) is 36.6 Å². The first-order valence-electron chi connectivity index (χ1n) is 10.4. The monoisotopic (exact) mass is 513 g/mol. The van der Waals surface area contributed by atoms with Crippen LogP contribution in [0.1, 0.15) is 29.1 Å². The zero-order valence-electron chi connectivity index (χ0n) is 18.4. The van der Waals surface area contributed by atoms with Gasteiger partial charge < -0.3 is 15.2 Å². The van der Waals surface area contributed by atoms with E-state index in [1.165, 1.54) is 17.8 Å². The van der Waals surface area contributed by atoms with E-state index in [2.05, 4.69) is 20.8 Å². The Kier molecular flexibility index (Phi) is 7.41. The minimum Gasteiger partial charge on any atom is -0.342 e. The van der Waals surface area contributed by atoms with Gasteiger partial charge in [0.15, 0.2) is 11.0 Å². The van der Waals surface area contributed by atoms with Crippen LogP contribution in [0.2, 0.25) is 10.0 Å². The highest BCUT2D eigenvalue weighted by molar-refractivity contribution is 7.99. The molecule has 0 bridgehead atoms. The number of benzene rings is 3. The van der Waals surface area contributed by atoms with E-state index in [1.807, 2.05) is 42.5 Å². The summed E-state index contributed by atoms with van der Waals surface area (Å²) in [7, 11) is 1.79. The number of amides is 2. The quantitative estimate of drug-likeness (QED) is 0.318. The molecule has 4 aromatic rings. The lowest BCUT2D eigenvalue weighted by Crippen LogP contribution is -2.28. The van der Waals surface area contributed by atoms with Crippen LogP contribution in [0.3, 0.4) is 0 Å². The van der Waals surface area contributed by atoms with E-state index in [0.717, 1.165) is 16.5 Å². The van der Waals surface area contributed by atoms with E-state index in [-0.39, 0.29) is 17.6 Å². The summed E-state index contributed by atoms with van der Waals surface area (Å²) in [5.41, 5.74) is 1.16. The highest BCUT2D eigenvalue weighted by atomic mass is 35.5. The Morgan fingerprint density at radius 2 is 1.79 bits per heavy atom. The number of thioether (sulfide) groups is 1. The molecule has 0 unspecified atom stereocenters. The highest BCUT2D eigenvalue weighted by Crippen LogP contribution is 2.25. The number of aromatic nitrogens is 3. The van der Waals surface area contributed by atoms with E-state index in [0.29, 0.717) is 26.6 Å². The van der Waals surface area contributed by atoms with Gasteiger partial charge in [-0.25, -0.2) is 0 Å². The van der Waals surface area contributed by atoms with Crippen molar-refractivity contribution < 1.29 is 9.59 Å². The van der Waals surface area contributed by atoms with Gasteiger partial charge in [0.1, 0.15) is 0 Å². The Balaban J connectivity index is 1.37. The van der Waals surface area contributed by atoms with Crippen LogP contribution < -0.4 is 10.6 Å². The van der Waals surface area contributed by atoms with Crippen LogP contribution in [-0.2, 0) is 11.8 Å².